The van der Waals surface area contributed by atoms with Crippen molar-refractivity contribution in [2.24, 2.45) is 16.6 Å². The summed E-state index contributed by atoms with van der Waals surface area (Å²) >= 11 is 0. The molecule has 20 heavy (non-hydrogen) atoms. The van der Waals surface area contributed by atoms with Gasteiger partial charge in [-0.05, 0) is 18.3 Å². The van der Waals surface area contributed by atoms with Gasteiger partial charge in [-0.15, -0.1) is 0 Å². The summed E-state index contributed by atoms with van der Waals surface area (Å²) in [6.07, 6.45) is 12.3. The van der Waals surface area contributed by atoms with Crippen molar-refractivity contribution in [2.75, 3.05) is 0 Å². The maximum Gasteiger partial charge on any atom is 0.223 e. The van der Waals surface area contributed by atoms with Crippen molar-refractivity contribution in [1.29, 1.82) is 0 Å². The fourth-order valence-electron chi connectivity index (χ4n) is 2.93. The van der Waals surface area contributed by atoms with Gasteiger partial charge in [-0.3, -0.25) is 4.79 Å². The molecule has 0 aromatic rings. The number of amides is 1. The summed E-state index contributed by atoms with van der Waals surface area (Å²) < 4.78 is 0. The van der Waals surface area contributed by atoms with E-state index in [4.69, 9.17) is 5.73 Å². The quantitative estimate of drug-likeness (QED) is 0.476. The van der Waals surface area contributed by atoms with Gasteiger partial charge in [0, 0.05) is 5.41 Å². The minimum atomic E-state index is -0.411. The Morgan fingerprint density at radius 1 is 0.800 bits per heavy atom. The maximum absolute atomic E-state index is 11.9. The van der Waals surface area contributed by atoms with Gasteiger partial charge in [0.25, 0.3) is 0 Å². The van der Waals surface area contributed by atoms with Crippen LogP contribution < -0.4 is 5.73 Å². The first-order valence-electron chi connectivity index (χ1n) is 8.61. The van der Waals surface area contributed by atoms with Crippen molar-refractivity contribution in [3.63, 3.8) is 0 Å². The minimum Gasteiger partial charge on any atom is -0.369 e. The summed E-state index contributed by atoms with van der Waals surface area (Å²) in [5.74, 6) is -0.147. The number of unbranched alkanes of at least 4 members (excludes halogenated alkanes) is 6. The van der Waals surface area contributed by atoms with Crippen molar-refractivity contribution in [3.8, 4) is 0 Å². The van der Waals surface area contributed by atoms with Gasteiger partial charge in [0.1, 0.15) is 0 Å². The van der Waals surface area contributed by atoms with E-state index >= 15 is 0 Å². The third kappa shape index (κ3) is 5.85. The van der Waals surface area contributed by atoms with Crippen LogP contribution in [0, 0.1) is 10.8 Å². The monoisotopic (exact) mass is 283 g/mol. The molecule has 120 valence electrons. The summed E-state index contributed by atoms with van der Waals surface area (Å²) in [6, 6.07) is 0. The second-order valence-corrected chi connectivity index (χ2v) is 7.17. The Hall–Kier alpha value is -0.530. The summed E-state index contributed by atoms with van der Waals surface area (Å²) in [6.45, 7) is 10.8. The zero-order chi connectivity index (χ0) is 15.6. The number of carbonyl (C=O) groups excluding carboxylic acids is 1. The standard InChI is InChI=1S/C18H37NO/c1-6-8-10-12-14-18(5,15-13-11-9-7-2)17(3,4)16(19)20/h6-15H2,1-5H3,(H2,19,20). The molecule has 0 saturated heterocycles. The Morgan fingerprint density at radius 3 is 1.50 bits per heavy atom. The molecule has 0 heterocycles. The van der Waals surface area contributed by atoms with Crippen LogP contribution in [0.3, 0.4) is 0 Å². The number of primary amides is 1. The van der Waals surface area contributed by atoms with Crippen molar-refractivity contribution in [3.05, 3.63) is 0 Å². The van der Waals surface area contributed by atoms with E-state index in [0.717, 1.165) is 12.8 Å². The predicted octanol–water partition coefficient (Wildman–Crippen LogP) is 5.45. The van der Waals surface area contributed by atoms with Crippen molar-refractivity contribution >= 4 is 5.91 Å². The van der Waals surface area contributed by atoms with Crippen LogP contribution in [-0.2, 0) is 4.79 Å². The molecule has 0 radical (unpaired) electrons. The number of rotatable bonds is 12. The Kier molecular flexibility index (Phi) is 9.16. The second kappa shape index (κ2) is 9.41. The lowest BCUT2D eigenvalue weighted by atomic mass is 9.61. The third-order valence-electron chi connectivity index (χ3n) is 5.29. The molecule has 2 nitrogen and oxygen atoms in total. The van der Waals surface area contributed by atoms with Gasteiger partial charge in [0.2, 0.25) is 5.91 Å². The van der Waals surface area contributed by atoms with Crippen LogP contribution in [-0.4, -0.2) is 5.91 Å². The van der Waals surface area contributed by atoms with Crippen molar-refractivity contribution in [2.45, 2.75) is 98.8 Å². The fourth-order valence-corrected chi connectivity index (χ4v) is 2.93. The first kappa shape index (κ1) is 19.5. The normalized spacial score (nSPS) is 12.7. The number of nitrogens with two attached hydrogens (primary N) is 1. The smallest absolute Gasteiger partial charge is 0.223 e. The Balaban J connectivity index is 4.62. The SMILES string of the molecule is CCCCCCC(C)(CCCCCC)C(C)(C)C(N)=O. The van der Waals surface area contributed by atoms with E-state index in [1.165, 1.54) is 51.4 Å². The van der Waals surface area contributed by atoms with E-state index in [1.54, 1.807) is 0 Å². The molecule has 0 aliphatic carbocycles. The lowest BCUT2D eigenvalue weighted by Crippen LogP contribution is -2.45. The summed E-state index contributed by atoms with van der Waals surface area (Å²) in [5.41, 5.74) is 5.31. The number of carbonyl (C=O) groups is 1. The molecule has 2 heteroatoms. The molecule has 0 spiro atoms. The Bertz CT molecular complexity index is 259. The summed E-state index contributed by atoms with van der Waals surface area (Å²) in [7, 11) is 0. The highest BCUT2D eigenvalue weighted by Crippen LogP contribution is 2.46. The van der Waals surface area contributed by atoms with Gasteiger partial charge in [-0.2, -0.15) is 0 Å². The van der Waals surface area contributed by atoms with E-state index in [-0.39, 0.29) is 11.3 Å². The van der Waals surface area contributed by atoms with Gasteiger partial charge >= 0.3 is 0 Å². The third-order valence-corrected chi connectivity index (χ3v) is 5.29. The van der Waals surface area contributed by atoms with Crippen LogP contribution in [0.25, 0.3) is 0 Å². The zero-order valence-electron chi connectivity index (χ0n) is 14.6. The average Bonchev–Trinajstić information content (AvgIpc) is 2.39. The summed E-state index contributed by atoms with van der Waals surface area (Å²) in [5, 5.41) is 0. The highest BCUT2D eigenvalue weighted by atomic mass is 16.1. The lowest BCUT2D eigenvalue weighted by molar-refractivity contribution is -0.133. The van der Waals surface area contributed by atoms with Gasteiger partial charge in [-0.1, -0.05) is 86.0 Å². The molecular weight excluding hydrogens is 246 g/mol. The first-order valence-corrected chi connectivity index (χ1v) is 8.61. The van der Waals surface area contributed by atoms with E-state index < -0.39 is 5.41 Å². The molecule has 0 aromatic heterocycles. The van der Waals surface area contributed by atoms with Gasteiger partial charge in [0.05, 0.1) is 0 Å². The molecule has 1 amide bonds. The topological polar surface area (TPSA) is 43.1 Å². The molecule has 0 unspecified atom stereocenters. The molecule has 0 aromatic carbocycles. The molecular formula is C18H37NO. The zero-order valence-corrected chi connectivity index (χ0v) is 14.6. The first-order chi connectivity index (χ1) is 9.31. The van der Waals surface area contributed by atoms with Gasteiger partial charge in [-0.25, -0.2) is 0 Å². The molecule has 2 N–H and O–H groups in total. The second-order valence-electron chi connectivity index (χ2n) is 7.17. The van der Waals surface area contributed by atoms with Crippen molar-refractivity contribution in [1.82, 2.24) is 0 Å². The van der Waals surface area contributed by atoms with Crippen LogP contribution in [0.2, 0.25) is 0 Å². The van der Waals surface area contributed by atoms with E-state index in [2.05, 4.69) is 20.8 Å². The Morgan fingerprint density at radius 2 is 1.20 bits per heavy atom. The average molecular weight is 283 g/mol. The Labute approximate surface area is 126 Å². The fraction of sp³-hybridized carbons (Fsp3) is 0.944. The van der Waals surface area contributed by atoms with Crippen LogP contribution in [0.15, 0.2) is 0 Å². The molecule has 0 bridgehead atoms. The lowest BCUT2D eigenvalue weighted by Gasteiger charge is -2.43. The number of hydrogen-bond donors (Lipinski definition) is 1. The van der Waals surface area contributed by atoms with E-state index in [1.807, 2.05) is 13.8 Å². The molecule has 0 aliphatic heterocycles. The predicted molar refractivity (Wildman–Crippen MR) is 88.6 cm³/mol. The van der Waals surface area contributed by atoms with Crippen molar-refractivity contribution < 1.29 is 4.79 Å². The van der Waals surface area contributed by atoms with E-state index in [9.17, 15) is 4.79 Å². The largest absolute Gasteiger partial charge is 0.369 e. The van der Waals surface area contributed by atoms with Crippen LogP contribution in [0.4, 0.5) is 0 Å². The molecule has 0 rings (SSSR count). The molecule has 0 aliphatic rings. The van der Waals surface area contributed by atoms with Crippen LogP contribution in [0.1, 0.15) is 98.8 Å². The highest BCUT2D eigenvalue weighted by molar-refractivity contribution is 5.80. The summed E-state index contributed by atoms with van der Waals surface area (Å²) in [4.78, 5) is 11.9. The number of hydrogen-bond acceptors (Lipinski definition) is 1. The maximum atomic E-state index is 11.9. The van der Waals surface area contributed by atoms with Gasteiger partial charge in [0.15, 0.2) is 0 Å². The van der Waals surface area contributed by atoms with Crippen LogP contribution in [0.5, 0.6) is 0 Å². The molecule has 0 fully saturated rings. The van der Waals surface area contributed by atoms with E-state index in [0.29, 0.717) is 0 Å². The minimum absolute atomic E-state index is 0.0420. The molecule has 0 atom stereocenters. The van der Waals surface area contributed by atoms with Crippen LogP contribution >= 0.6 is 0 Å². The highest BCUT2D eigenvalue weighted by Gasteiger charge is 2.44. The van der Waals surface area contributed by atoms with Gasteiger partial charge < -0.3 is 5.73 Å². The molecule has 0 saturated carbocycles.